The Bertz CT molecular complexity index is 1110. The summed E-state index contributed by atoms with van der Waals surface area (Å²) in [6, 6.07) is 13.5. The molecule has 1 saturated heterocycles. The lowest BCUT2D eigenvalue weighted by Crippen LogP contribution is -2.38. The first-order chi connectivity index (χ1) is 14.6. The average Bonchev–Trinajstić information content (AvgIpc) is 2.75. The molecular formula is C21H27N3O5S2. The topological polar surface area (TPSA) is 104 Å². The number of piperidine rings is 1. The lowest BCUT2D eigenvalue weighted by atomic mass is 10.1. The Hall–Kier alpha value is -2.27. The number of carbonyl (C=O) groups is 1. The number of hydrogen-bond acceptors (Lipinski definition) is 5. The molecule has 0 spiro atoms. The van der Waals surface area contributed by atoms with E-state index in [1.54, 1.807) is 30.3 Å². The van der Waals surface area contributed by atoms with Crippen molar-refractivity contribution in [2.75, 3.05) is 31.7 Å². The highest BCUT2D eigenvalue weighted by Crippen LogP contribution is 2.25. The molecule has 1 atom stereocenters. The predicted octanol–water partition coefficient (Wildman–Crippen LogP) is 2.43. The number of nitrogens with zero attached hydrogens (tertiary/aromatic N) is 2. The zero-order chi connectivity index (χ0) is 22.6. The van der Waals surface area contributed by atoms with Crippen molar-refractivity contribution in [2.24, 2.45) is 0 Å². The van der Waals surface area contributed by atoms with Gasteiger partial charge in [0.05, 0.1) is 11.2 Å². The van der Waals surface area contributed by atoms with Gasteiger partial charge >= 0.3 is 0 Å². The standard InChI is InChI=1S/C21H27N3O5S2/c1-23(30(2,26)27)20(17-9-5-3-6-10-17)21(25)22-18-11-13-19(14-12-18)31(28,29)24-15-7-4-8-16-24/h3,5-6,9-14,20H,4,7-8,15-16H2,1-2H3,(H,22,25)/t20-/m1/s1. The Balaban J connectivity index is 1.81. The van der Waals surface area contributed by atoms with Gasteiger partial charge in [-0.05, 0) is 42.7 Å². The van der Waals surface area contributed by atoms with E-state index in [1.807, 2.05) is 0 Å². The minimum absolute atomic E-state index is 0.167. The van der Waals surface area contributed by atoms with Gasteiger partial charge in [0.1, 0.15) is 6.04 Å². The van der Waals surface area contributed by atoms with Gasteiger partial charge in [-0.2, -0.15) is 8.61 Å². The van der Waals surface area contributed by atoms with Crippen molar-refractivity contribution >= 4 is 31.6 Å². The molecule has 2 aromatic carbocycles. The molecule has 1 aliphatic heterocycles. The maximum Gasteiger partial charge on any atom is 0.247 e. The minimum Gasteiger partial charge on any atom is -0.324 e. The Labute approximate surface area is 184 Å². The van der Waals surface area contributed by atoms with Crippen LogP contribution in [0, 0.1) is 0 Å². The predicted molar refractivity (Wildman–Crippen MR) is 119 cm³/mol. The number of hydrogen-bond donors (Lipinski definition) is 1. The van der Waals surface area contributed by atoms with E-state index in [0.29, 0.717) is 24.3 Å². The molecule has 0 saturated carbocycles. The van der Waals surface area contributed by atoms with Gasteiger partial charge in [0.15, 0.2) is 0 Å². The maximum atomic E-state index is 13.0. The first kappa shape index (κ1) is 23.4. The van der Waals surface area contributed by atoms with Crippen molar-refractivity contribution < 1.29 is 21.6 Å². The summed E-state index contributed by atoms with van der Waals surface area (Å²) >= 11 is 0. The summed E-state index contributed by atoms with van der Waals surface area (Å²) < 4.78 is 52.2. The number of carbonyl (C=O) groups excluding carboxylic acids is 1. The van der Waals surface area contributed by atoms with E-state index < -0.39 is 32.0 Å². The molecule has 0 aromatic heterocycles. The maximum absolute atomic E-state index is 13.0. The number of sulfonamides is 2. The highest BCUT2D eigenvalue weighted by atomic mass is 32.2. The van der Waals surface area contributed by atoms with Gasteiger partial charge in [-0.3, -0.25) is 4.79 Å². The molecule has 1 aliphatic rings. The summed E-state index contributed by atoms with van der Waals surface area (Å²) in [4.78, 5) is 13.2. The molecule has 0 bridgehead atoms. The fourth-order valence-electron chi connectivity index (χ4n) is 3.53. The van der Waals surface area contributed by atoms with E-state index >= 15 is 0 Å². The van der Waals surface area contributed by atoms with Crippen LogP contribution in [0.4, 0.5) is 5.69 Å². The van der Waals surface area contributed by atoms with Crippen molar-refractivity contribution in [3.05, 3.63) is 60.2 Å². The summed E-state index contributed by atoms with van der Waals surface area (Å²) in [5, 5.41) is 2.70. The summed E-state index contributed by atoms with van der Waals surface area (Å²) in [5.41, 5.74) is 0.905. The third kappa shape index (κ3) is 5.51. The van der Waals surface area contributed by atoms with E-state index in [-0.39, 0.29) is 4.90 Å². The van der Waals surface area contributed by atoms with Crippen molar-refractivity contribution in [2.45, 2.75) is 30.2 Å². The first-order valence-corrected chi connectivity index (χ1v) is 13.3. The molecule has 10 heteroatoms. The summed E-state index contributed by atoms with van der Waals surface area (Å²) in [5.74, 6) is -0.536. The fraction of sp³-hybridized carbons (Fsp3) is 0.381. The van der Waals surface area contributed by atoms with E-state index in [9.17, 15) is 21.6 Å². The second kappa shape index (κ2) is 9.47. The Morgan fingerprint density at radius 2 is 1.52 bits per heavy atom. The quantitative estimate of drug-likeness (QED) is 0.676. The van der Waals surface area contributed by atoms with Gasteiger partial charge in [-0.15, -0.1) is 0 Å². The number of rotatable bonds is 7. The van der Waals surface area contributed by atoms with Gasteiger partial charge in [0, 0.05) is 25.8 Å². The van der Waals surface area contributed by atoms with Crippen molar-refractivity contribution in [3.8, 4) is 0 Å². The number of likely N-dealkylation sites (N-methyl/N-ethyl adjacent to an activating group) is 1. The summed E-state index contributed by atoms with van der Waals surface area (Å²) in [6.07, 6.45) is 3.77. The lowest BCUT2D eigenvalue weighted by molar-refractivity contribution is -0.119. The zero-order valence-corrected chi connectivity index (χ0v) is 19.2. The van der Waals surface area contributed by atoms with Gasteiger partial charge in [-0.25, -0.2) is 16.8 Å². The molecule has 3 rings (SSSR count). The second-order valence-corrected chi connectivity index (χ2v) is 11.6. The van der Waals surface area contributed by atoms with Crippen LogP contribution < -0.4 is 5.32 Å². The molecule has 0 radical (unpaired) electrons. The fourth-order valence-corrected chi connectivity index (χ4v) is 5.65. The van der Waals surface area contributed by atoms with Crippen LogP contribution in [0.2, 0.25) is 0 Å². The smallest absolute Gasteiger partial charge is 0.247 e. The SMILES string of the molecule is CN([C@@H](C(=O)Nc1ccc(S(=O)(=O)N2CCCCC2)cc1)c1ccccc1)S(C)(=O)=O. The number of amides is 1. The van der Waals surface area contributed by atoms with Gasteiger partial charge in [0.2, 0.25) is 26.0 Å². The van der Waals surface area contributed by atoms with Gasteiger partial charge in [0.25, 0.3) is 0 Å². The van der Waals surface area contributed by atoms with Crippen LogP contribution in [0.15, 0.2) is 59.5 Å². The van der Waals surface area contributed by atoms with Crippen molar-refractivity contribution in [1.29, 1.82) is 0 Å². The molecule has 2 aromatic rings. The third-order valence-electron chi connectivity index (χ3n) is 5.33. The molecule has 1 amide bonds. The van der Waals surface area contributed by atoms with Gasteiger partial charge in [-0.1, -0.05) is 36.8 Å². The summed E-state index contributed by atoms with van der Waals surface area (Å²) in [7, 11) is -5.86. The highest BCUT2D eigenvalue weighted by molar-refractivity contribution is 7.89. The largest absolute Gasteiger partial charge is 0.324 e. The molecule has 0 unspecified atom stereocenters. The molecule has 1 fully saturated rings. The Kier molecular flexibility index (Phi) is 7.15. The monoisotopic (exact) mass is 465 g/mol. The lowest BCUT2D eigenvalue weighted by Gasteiger charge is -2.26. The highest BCUT2D eigenvalue weighted by Gasteiger charge is 2.31. The van der Waals surface area contributed by atoms with E-state index in [0.717, 1.165) is 29.8 Å². The average molecular weight is 466 g/mol. The van der Waals surface area contributed by atoms with Crippen molar-refractivity contribution in [3.63, 3.8) is 0 Å². The normalized spacial score (nSPS) is 16.7. The number of nitrogens with one attached hydrogen (secondary N) is 1. The van der Waals surface area contributed by atoms with Crippen LogP contribution in [0.3, 0.4) is 0 Å². The van der Waals surface area contributed by atoms with Gasteiger partial charge < -0.3 is 5.32 Å². The molecular weight excluding hydrogens is 438 g/mol. The summed E-state index contributed by atoms with van der Waals surface area (Å²) in [6.45, 7) is 1.02. The van der Waals surface area contributed by atoms with Crippen LogP contribution in [-0.4, -0.2) is 57.7 Å². The van der Waals surface area contributed by atoms with E-state index in [1.165, 1.54) is 35.6 Å². The minimum atomic E-state index is -3.64. The van der Waals surface area contributed by atoms with Crippen LogP contribution in [0.25, 0.3) is 0 Å². The van der Waals surface area contributed by atoms with Crippen LogP contribution >= 0.6 is 0 Å². The third-order valence-corrected chi connectivity index (χ3v) is 8.49. The van der Waals surface area contributed by atoms with Crippen LogP contribution in [-0.2, 0) is 24.8 Å². The molecule has 1 N–H and O–H groups in total. The molecule has 1 heterocycles. The Morgan fingerprint density at radius 1 is 0.935 bits per heavy atom. The number of benzene rings is 2. The zero-order valence-electron chi connectivity index (χ0n) is 17.6. The second-order valence-electron chi connectivity index (χ2n) is 7.57. The molecule has 8 nitrogen and oxygen atoms in total. The molecule has 0 aliphatic carbocycles. The Morgan fingerprint density at radius 3 is 2.06 bits per heavy atom. The van der Waals surface area contributed by atoms with Crippen molar-refractivity contribution in [1.82, 2.24) is 8.61 Å². The molecule has 31 heavy (non-hydrogen) atoms. The first-order valence-electron chi connectivity index (χ1n) is 10.00. The molecule has 168 valence electrons. The van der Waals surface area contributed by atoms with E-state index in [2.05, 4.69) is 5.32 Å². The van der Waals surface area contributed by atoms with Crippen LogP contribution in [0.1, 0.15) is 30.9 Å². The van der Waals surface area contributed by atoms with E-state index in [4.69, 9.17) is 0 Å². The van der Waals surface area contributed by atoms with Crippen LogP contribution in [0.5, 0.6) is 0 Å². The number of anilines is 1.